The monoisotopic (exact) mass is 424 g/mol. The molecule has 0 amide bonds. The van der Waals surface area contributed by atoms with E-state index in [4.69, 9.17) is 0 Å². The van der Waals surface area contributed by atoms with Gasteiger partial charge in [0.2, 0.25) is 0 Å². The molecule has 0 aliphatic heterocycles. The predicted octanol–water partition coefficient (Wildman–Crippen LogP) is 7.11. The average molecular weight is 425 g/mol. The summed E-state index contributed by atoms with van der Waals surface area (Å²) in [6.07, 6.45) is 13.5. The number of phenols is 2. The van der Waals surface area contributed by atoms with Crippen LogP contribution in [0.2, 0.25) is 0 Å². The molecule has 3 rings (SSSR count). The Hall–Kier alpha value is -2.00. The summed E-state index contributed by atoms with van der Waals surface area (Å²) in [5.41, 5.74) is 5.52. The third kappa shape index (κ3) is 5.26. The Bertz CT molecular complexity index is 849. The highest BCUT2D eigenvalue weighted by atomic mass is 16.3. The van der Waals surface area contributed by atoms with Crippen molar-refractivity contribution in [1.82, 2.24) is 0 Å². The van der Waals surface area contributed by atoms with E-state index in [1.807, 2.05) is 26.8 Å². The van der Waals surface area contributed by atoms with Crippen molar-refractivity contribution in [2.24, 2.45) is 0 Å². The van der Waals surface area contributed by atoms with Gasteiger partial charge in [0.05, 0.1) is 6.61 Å². The number of aromatic hydroxyl groups is 2. The topological polar surface area (TPSA) is 60.7 Å². The number of aliphatic hydroxyl groups excluding tert-OH is 1. The second-order valence-corrected chi connectivity index (χ2v) is 9.68. The molecule has 3 heteroatoms. The lowest BCUT2D eigenvalue weighted by Crippen LogP contribution is -2.29. The van der Waals surface area contributed by atoms with Crippen molar-refractivity contribution in [3.63, 3.8) is 0 Å². The van der Waals surface area contributed by atoms with Gasteiger partial charge in [-0.05, 0) is 67.5 Å². The largest absolute Gasteiger partial charge is 0.507 e. The summed E-state index contributed by atoms with van der Waals surface area (Å²) >= 11 is 0. The van der Waals surface area contributed by atoms with Gasteiger partial charge in [-0.25, -0.2) is 0 Å². The molecule has 170 valence electrons. The number of aliphatic hydroxyl groups is 1. The third-order valence-electron chi connectivity index (χ3n) is 7.35. The number of phenolic OH excluding ortho intramolecular Hbond substituents is 1. The maximum absolute atomic E-state index is 10.5. The van der Waals surface area contributed by atoms with Gasteiger partial charge >= 0.3 is 0 Å². The minimum Gasteiger partial charge on any atom is -0.507 e. The highest BCUT2D eigenvalue weighted by molar-refractivity contribution is 5.52. The van der Waals surface area contributed by atoms with Gasteiger partial charge in [0.1, 0.15) is 11.5 Å². The summed E-state index contributed by atoms with van der Waals surface area (Å²) < 4.78 is 0. The molecule has 1 saturated carbocycles. The Labute approximate surface area is 188 Å². The highest BCUT2D eigenvalue weighted by Crippen LogP contribution is 2.45. The van der Waals surface area contributed by atoms with Gasteiger partial charge < -0.3 is 15.3 Å². The van der Waals surface area contributed by atoms with Gasteiger partial charge in [-0.15, -0.1) is 0 Å². The molecule has 1 fully saturated rings. The van der Waals surface area contributed by atoms with E-state index in [1.54, 1.807) is 0 Å². The van der Waals surface area contributed by atoms with Crippen molar-refractivity contribution < 1.29 is 15.3 Å². The van der Waals surface area contributed by atoms with Crippen LogP contribution in [-0.4, -0.2) is 15.3 Å². The zero-order valence-corrected chi connectivity index (χ0v) is 19.6. The predicted molar refractivity (Wildman–Crippen MR) is 128 cm³/mol. The van der Waals surface area contributed by atoms with Crippen LogP contribution in [0.5, 0.6) is 11.5 Å². The van der Waals surface area contributed by atoms with E-state index in [0.717, 1.165) is 42.4 Å². The quantitative estimate of drug-likeness (QED) is 0.492. The number of aryl methyl sites for hydroxylation is 3. The van der Waals surface area contributed by atoms with E-state index in [9.17, 15) is 15.3 Å². The SMILES string of the molecule is Cc1cc(C2(c3cc(C)c(O)c(CO)c3)CCCCCCCCCCC2)cc(C)c1O. The minimum atomic E-state index is -0.176. The minimum absolute atomic E-state index is 0.162. The third-order valence-corrected chi connectivity index (χ3v) is 7.35. The van der Waals surface area contributed by atoms with Crippen LogP contribution < -0.4 is 0 Å². The fourth-order valence-corrected chi connectivity index (χ4v) is 5.44. The van der Waals surface area contributed by atoms with Gasteiger partial charge in [-0.1, -0.05) is 76.0 Å². The maximum Gasteiger partial charge on any atom is 0.124 e. The summed E-state index contributed by atoms with van der Waals surface area (Å²) in [6.45, 7) is 5.73. The summed E-state index contributed by atoms with van der Waals surface area (Å²) in [6, 6.07) is 8.47. The normalized spacial score (nSPS) is 18.2. The van der Waals surface area contributed by atoms with Crippen LogP contribution >= 0.6 is 0 Å². The van der Waals surface area contributed by atoms with Gasteiger partial charge in [-0.3, -0.25) is 0 Å². The Balaban J connectivity index is 2.17. The molecular formula is C28H40O3. The molecule has 0 saturated heterocycles. The van der Waals surface area contributed by atoms with Crippen molar-refractivity contribution in [3.8, 4) is 11.5 Å². The number of hydrogen-bond acceptors (Lipinski definition) is 3. The van der Waals surface area contributed by atoms with Crippen LogP contribution in [0.15, 0.2) is 24.3 Å². The second kappa shape index (κ2) is 10.5. The van der Waals surface area contributed by atoms with Gasteiger partial charge in [-0.2, -0.15) is 0 Å². The Kier molecular flexibility index (Phi) is 8.05. The summed E-state index contributed by atoms with van der Waals surface area (Å²) in [7, 11) is 0. The number of rotatable bonds is 3. The van der Waals surface area contributed by atoms with Crippen LogP contribution in [0.4, 0.5) is 0 Å². The molecule has 0 spiro atoms. The molecule has 1 aliphatic carbocycles. The zero-order chi connectivity index (χ0) is 22.4. The van der Waals surface area contributed by atoms with Crippen LogP contribution in [0.3, 0.4) is 0 Å². The lowest BCUT2D eigenvalue weighted by atomic mass is 9.66. The molecule has 0 radical (unpaired) electrons. The smallest absolute Gasteiger partial charge is 0.124 e. The van der Waals surface area contributed by atoms with E-state index in [0.29, 0.717) is 11.3 Å². The first-order chi connectivity index (χ1) is 14.9. The Morgan fingerprint density at radius 1 is 0.613 bits per heavy atom. The summed E-state index contributed by atoms with van der Waals surface area (Å²) in [5, 5.41) is 30.8. The van der Waals surface area contributed by atoms with Gasteiger partial charge in [0.15, 0.2) is 0 Å². The Morgan fingerprint density at radius 3 is 1.45 bits per heavy atom. The molecule has 1 aliphatic rings. The second-order valence-electron chi connectivity index (χ2n) is 9.68. The summed E-state index contributed by atoms with van der Waals surface area (Å²) in [4.78, 5) is 0. The van der Waals surface area contributed by atoms with E-state index >= 15 is 0 Å². The first kappa shape index (κ1) is 23.7. The molecule has 0 unspecified atom stereocenters. The molecule has 0 heterocycles. The number of hydrogen-bond donors (Lipinski definition) is 3. The summed E-state index contributed by atoms with van der Waals surface area (Å²) in [5.74, 6) is 0.581. The van der Waals surface area contributed by atoms with Crippen LogP contribution in [0, 0.1) is 20.8 Å². The van der Waals surface area contributed by atoms with Gasteiger partial charge in [0.25, 0.3) is 0 Å². The molecule has 0 bridgehead atoms. The molecule has 3 N–H and O–H groups in total. The highest BCUT2D eigenvalue weighted by Gasteiger charge is 2.35. The van der Waals surface area contributed by atoms with E-state index in [1.165, 1.54) is 56.1 Å². The molecule has 31 heavy (non-hydrogen) atoms. The molecule has 2 aromatic carbocycles. The lowest BCUT2D eigenvalue weighted by molar-refractivity contribution is 0.274. The molecule has 0 atom stereocenters. The van der Waals surface area contributed by atoms with Gasteiger partial charge in [0, 0.05) is 11.0 Å². The van der Waals surface area contributed by atoms with Crippen molar-refractivity contribution >= 4 is 0 Å². The average Bonchev–Trinajstić information content (AvgIpc) is 2.74. The van der Waals surface area contributed by atoms with E-state index < -0.39 is 0 Å². The van der Waals surface area contributed by atoms with Crippen LogP contribution in [0.25, 0.3) is 0 Å². The zero-order valence-electron chi connectivity index (χ0n) is 19.6. The molecular weight excluding hydrogens is 384 g/mol. The first-order valence-electron chi connectivity index (χ1n) is 12.1. The van der Waals surface area contributed by atoms with Crippen molar-refractivity contribution in [2.75, 3.05) is 0 Å². The molecule has 3 nitrogen and oxygen atoms in total. The number of benzene rings is 2. The lowest BCUT2D eigenvalue weighted by Gasteiger charge is -2.37. The fraction of sp³-hybridized carbons (Fsp3) is 0.571. The fourth-order valence-electron chi connectivity index (χ4n) is 5.44. The molecule has 0 aromatic heterocycles. The maximum atomic E-state index is 10.5. The van der Waals surface area contributed by atoms with Crippen molar-refractivity contribution in [1.29, 1.82) is 0 Å². The van der Waals surface area contributed by atoms with E-state index in [-0.39, 0.29) is 17.8 Å². The van der Waals surface area contributed by atoms with Crippen molar-refractivity contribution in [2.45, 2.75) is 103 Å². The first-order valence-corrected chi connectivity index (χ1v) is 12.1. The Morgan fingerprint density at radius 2 is 1.00 bits per heavy atom. The molecule has 2 aromatic rings. The van der Waals surface area contributed by atoms with Crippen LogP contribution in [0.1, 0.15) is 104 Å². The standard InChI is InChI=1S/C28H40O3/c1-20-15-24(16-21(2)26(20)30)28(25-17-22(3)27(31)23(18-25)19-29)13-11-9-7-5-4-6-8-10-12-14-28/h15-18,29-31H,4-14,19H2,1-3H3. The van der Waals surface area contributed by atoms with E-state index in [2.05, 4.69) is 18.2 Å². The van der Waals surface area contributed by atoms with Crippen LogP contribution in [-0.2, 0) is 12.0 Å². The van der Waals surface area contributed by atoms with Crippen molar-refractivity contribution in [3.05, 3.63) is 57.6 Å².